The number of nitrogens with one attached hydrogen (secondary N) is 1. The summed E-state index contributed by atoms with van der Waals surface area (Å²) in [6, 6.07) is 6.48. The van der Waals surface area contributed by atoms with E-state index in [1.54, 1.807) is 24.3 Å². The van der Waals surface area contributed by atoms with Crippen LogP contribution in [0.25, 0.3) is 0 Å². The van der Waals surface area contributed by atoms with Gasteiger partial charge in [0.25, 0.3) is 10.1 Å². The molecule has 1 aliphatic rings. The number of benzene rings is 1. The molecule has 0 amide bonds. The lowest BCUT2D eigenvalue weighted by Gasteiger charge is -2.35. The molecule has 0 bridgehead atoms. The van der Waals surface area contributed by atoms with Crippen LogP contribution in [0.2, 0.25) is 18.1 Å². The zero-order chi connectivity index (χ0) is 23.5. The Kier molecular flexibility index (Phi) is 8.54. The van der Waals surface area contributed by atoms with Crippen LogP contribution in [0.1, 0.15) is 46.1 Å². The van der Waals surface area contributed by atoms with Crippen molar-refractivity contribution in [2.75, 3.05) is 19.0 Å². The van der Waals surface area contributed by atoms with Crippen LogP contribution in [0.3, 0.4) is 0 Å². The van der Waals surface area contributed by atoms with Gasteiger partial charge in [-0.05, 0) is 50.0 Å². The molecular formula is C21H38N2O5S2Si. The second-order valence-electron chi connectivity index (χ2n) is 9.73. The van der Waals surface area contributed by atoms with Crippen LogP contribution in [0, 0.1) is 6.92 Å². The highest BCUT2D eigenvalue weighted by molar-refractivity contribution is 7.92. The van der Waals surface area contributed by atoms with Gasteiger partial charge in [0.2, 0.25) is 0 Å². The molecule has 1 unspecified atom stereocenters. The largest absolute Gasteiger partial charge is 0.374 e. The zero-order valence-corrected chi connectivity index (χ0v) is 22.4. The zero-order valence-electron chi connectivity index (χ0n) is 19.8. The van der Waals surface area contributed by atoms with E-state index in [1.807, 2.05) is 13.8 Å². The van der Waals surface area contributed by atoms with Gasteiger partial charge in [-0.2, -0.15) is 8.42 Å². The third kappa shape index (κ3) is 7.36. The molecule has 2 rings (SSSR count). The van der Waals surface area contributed by atoms with Crippen LogP contribution in [-0.2, 0) is 29.0 Å². The molecule has 31 heavy (non-hydrogen) atoms. The van der Waals surface area contributed by atoms with E-state index in [0.29, 0.717) is 18.8 Å². The fourth-order valence-corrected chi connectivity index (χ4v) is 9.49. The summed E-state index contributed by atoms with van der Waals surface area (Å²) >= 11 is 0. The number of hydrogen-bond donors (Lipinski definition) is 1. The minimum Gasteiger partial charge on any atom is -0.374 e. The van der Waals surface area contributed by atoms with E-state index in [9.17, 15) is 12.6 Å². The van der Waals surface area contributed by atoms with Crippen LogP contribution in [0.15, 0.2) is 33.2 Å². The van der Waals surface area contributed by atoms with E-state index in [-0.39, 0.29) is 28.7 Å². The Morgan fingerprint density at radius 2 is 1.77 bits per heavy atom. The Labute approximate surface area is 189 Å². The highest BCUT2D eigenvalue weighted by Crippen LogP contribution is 2.37. The van der Waals surface area contributed by atoms with Crippen molar-refractivity contribution in [3.63, 3.8) is 0 Å². The summed E-state index contributed by atoms with van der Waals surface area (Å²) in [6.07, 6.45) is 1.04. The molecule has 178 valence electrons. The molecule has 1 aliphatic heterocycles. The molecule has 1 aromatic rings. The summed E-state index contributed by atoms with van der Waals surface area (Å²) < 4.78 is 57.2. The van der Waals surface area contributed by atoms with Crippen molar-refractivity contribution in [1.29, 1.82) is 0 Å². The van der Waals surface area contributed by atoms with Gasteiger partial charge in [-0.1, -0.05) is 45.4 Å². The van der Waals surface area contributed by atoms with Gasteiger partial charge < -0.3 is 4.74 Å². The Hall–Kier alpha value is -0.783. The van der Waals surface area contributed by atoms with E-state index < -0.39 is 28.3 Å². The maximum absolute atomic E-state index is 13.4. The van der Waals surface area contributed by atoms with Gasteiger partial charge in [0.15, 0.2) is 8.24 Å². The smallest absolute Gasteiger partial charge is 0.297 e. The molecule has 0 saturated carbocycles. The van der Waals surface area contributed by atoms with Crippen LogP contribution < -0.4 is 4.72 Å². The van der Waals surface area contributed by atoms with Gasteiger partial charge in [-0.3, -0.25) is 8.21 Å². The van der Waals surface area contributed by atoms with Crippen LogP contribution in [0.5, 0.6) is 0 Å². The first kappa shape index (κ1) is 26.5. The summed E-state index contributed by atoms with van der Waals surface area (Å²) in [7, 11) is -8.41. The Bertz CT molecular complexity index is 954. The lowest BCUT2D eigenvalue weighted by atomic mass is 10.1. The Morgan fingerprint density at radius 3 is 2.26 bits per heavy atom. The van der Waals surface area contributed by atoms with Gasteiger partial charge in [-0.15, -0.1) is 0 Å². The van der Waals surface area contributed by atoms with Crippen LogP contribution in [-0.4, -0.2) is 52.0 Å². The second-order valence-corrected chi connectivity index (χ2v) is 18.8. The van der Waals surface area contributed by atoms with Crippen molar-refractivity contribution in [2.45, 2.75) is 82.6 Å². The van der Waals surface area contributed by atoms with Crippen molar-refractivity contribution in [1.82, 2.24) is 4.72 Å². The molecule has 10 heteroatoms. The minimum atomic E-state index is -3.81. The second kappa shape index (κ2) is 10.0. The molecule has 1 fully saturated rings. The number of ether oxygens (including phenoxy) is 1. The monoisotopic (exact) mass is 490 g/mol. The Morgan fingerprint density at radius 1 is 1.16 bits per heavy atom. The summed E-state index contributed by atoms with van der Waals surface area (Å²) in [5, 5.41) is 0.0148. The van der Waals surface area contributed by atoms with E-state index in [1.165, 1.54) is 0 Å². The predicted octanol–water partition coefficient (Wildman–Crippen LogP) is 4.25. The molecule has 7 nitrogen and oxygen atoms in total. The maximum Gasteiger partial charge on any atom is 0.297 e. The number of hydrogen-bond acceptors (Lipinski definition) is 6. The van der Waals surface area contributed by atoms with Crippen LogP contribution >= 0.6 is 0 Å². The Balaban J connectivity index is 1.93. The summed E-state index contributed by atoms with van der Waals surface area (Å²) in [6.45, 7) is 14.8. The number of rotatable bonds is 8. The van der Waals surface area contributed by atoms with Crippen molar-refractivity contribution in [3.8, 4) is 0 Å². The maximum atomic E-state index is 13.4. The lowest BCUT2D eigenvalue weighted by Crippen LogP contribution is -2.46. The fraction of sp³-hybridized carbons (Fsp3) is 0.714. The molecule has 0 aliphatic carbocycles. The van der Waals surface area contributed by atoms with Gasteiger partial charge in [0.05, 0.1) is 34.1 Å². The highest BCUT2D eigenvalue weighted by Gasteiger charge is 2.38. The van der Waals surface area contributed by atoms with Gasteiger partial charge in [0, 0.05) is 11.8 Å². The quantitative estimate of drug-likeness (QED) is 0.434. The van der Waals surface area contributed by atoms with Gasteiger partial charge >= 0.3 is 0 Å². The predicted molar refractivity (Wildman–Crippen MR) is 129 cm³/mol. The SMILES string of the molecule is CCS(=O)(=N[Si](C)(C)C(C)(C)C)N[C@@H]1CC[C@@H](COS(=O)(=O)c2ccc(C)cc2)OC1. The first-order chi connectivity index (χ1) is 14.2. The van der Waals surface area contributed by atoms with Crippen molar-refractivity contribution in [3.05, 3.63) is 29.8 Å². The first-order valence-corrected chi connectivity index (χ1v) is 16.8. The molecule has 1 aromatic carbocycles. The number of nitrogens with zero attached hydrogens (tertiary/aromatic N) is 1. The molecule has 0 aromatic heterocycles. The van der Waals surface area contributed by atoms with E-state index in [4.69, 9.17) is 12.9 Å². The number of aryl methyl sites for hydroxylation is 1. The average molecular weight is 491 g/mol. The standard InChI is InChI=1S/C21H38N2O5S2Si/c1-8-29(24,23-31(6,7)21(3,4)5)22-18-11-12-19(27-15-18)16-28-30(25,26)20-13-9-17(2)10-14-20/h9-10,13-14,18-19H,8,11-12,15-16H2,1-7H3,(H,22,23,24)/t18-,19+,29?/m1/s1. The lowest BCUT2D eigenvalue weighted by molar-refractivity contribution is -0.0210. The summed E-state index contributed by atoms with van der Waals surface area (Å²) in [5.41, 5.74) is 0.983. The molecule has 1 saturated heterocycles. The van der Waals surface area contributed by atoms with Gasteiger partial charge in [0.1, 0.15) is 0 Å². The highest BCUT2D eigenvalue weighted by atomic mass is 32.2. The molecule has 0 radical (unpaired) electrons. The van der Waals surface area contributed by atoms with Crippen molar-refractivity contribution < 1.29 is 21.5 Å². The third-order valence-corrected chi connectivity index (χ3v) is 15.5. The first-order valence-electron chi connectivity index (χ1n) is 10.8. The molecule has 1 heterocycles. The molecule has 3 atom stereocenters. The van der Waals surface area contributed by atoms with Crippen molar-refractivity contribution in [2.24, 2.45) is 4.03 Å². The van der Waals surface area contributed by atoms with E-state index in [0.717, 1.165) is 12.0 Å². The van der Waals surface area contributed by atoms with Gasteiger partial charge in [-0.25, -0.2) is 8.93 Å². The molecule has 0 spiro atoms. The fourth-order valence-electron chi connectivity index (χ4n) is 2.91. The summed E-state index contributed by atoms with van der Waals surface area (Å²) in [4.78, 5) is 0.142. The molecular weight excluding hydrogens is 452 g/mol. The normalized spacial score (nSPS) is 22.7. The van der Waals surface area contributed by atoms with Crippen molar-refractivity contribution >= 4 is 28.3 Å². The van der Waals surface area contributed by atoms with Crippen LogP contribution in [0.4, 0.5) is 0 Å². The topological polar surface area (TPSA) is 94.1 Å². The average Bonchev–Trinajstić information content (AvgIpc) is 2.66. The van der Waals surface area contributed by atoms with E-state index in [2.05, 4.69) is 38.6 Å². The summed E-state index contributed by atoms with van der Waals surface area (Å²) in [5.74, 6) is 0.442. The minimum absolute atomic E-state index is 0.0148. The molecule has 1 N–H and O–H groups in total. The van der Waals surface area contributed by atoms with E-state index >= 15 is 0 Å². The third-order valence-electron chi connectivity index (χ3n) is 6.04.